The van der Waals surface area contributed by atoms with Gasteiger partial charge in [0.05, 0.1) is 4.90 Å². The standard InChI is InChI=1S/C12H16FNO4S/c1-2-9(6-12(15)16)8-14-19(17,18)11-5-3-4-10(13)7-11/h3-5,7,9,14H,2,6,8H2,1H3,(H,15,16). The van der Waals surface area contributed by atoms with E-state index in [1.54, 1.807) is 6.92 Å². The zero-order valence-electron chi connectivity index (χ0n) is 10.5. The van der Waals surface area contributed by atoms with E-state index in [4.69, 9.17) is 5.11 Å². The summed E-state index contributed by atoms with van der Waals surface area (Å²) in [7, 11) is -3.81. The lowest BCUT2D eigenvalue weighted by Crippen LogP contribution is -2.30. The average molecular weight is 289 g/mol. The first kappa shape index (κ1) is 15.6. The molecule has 1 aromatic rings. The molecule has 0 aliphatic heterocycles. The molecular weight excluding hydrogens is 273 g/mol. The molecule has 0 aliphatic carbocycles. The van der Waals surface area contributed by atoms with Crippen LogP contribution in [0.5, 0.6) is 0 Å². The highest BCUT2D eigenvalue weighted by Crippen LogP contribution is 2.12. The van der Waals surface area contributed by atoms with Gasteiger partial charge in [0.15, 0.2) is 0 Å². The number of hydrogen-bond donors (Lipinski definition) is 2. The molecule has 0 aliphatic rings. The van der Waals surface area contributed by atoms with Gasteiger partial charge in [-0.2, -0.15) is 0 Å². The third-order valence-corrected chi connectivity index (χ3v) is 4.13. The zero-order valence-corrected chi connectivity index (χ0v) is 11.3. The number of carboxylic acids is 1. The Morgan fingerprint density at radius 3 is 2.68 bits per heavy atom. The van der Waals surface area contributed by atoms with Crippen LogP contribution in [-0.2, 0) is 14.8 Å². The van der Waals surface area contributed by atoms with Gasteiger partial charge in [0.25, 0.3) is 0 Å². The maximum atomic E-state index is 13.0. The second-order valence-electron chi connectivity index (χ2n) is 4.18. The molecule has 1 rings (SSSR count). The first-order valence-corrected chi connectivity index (χ1v) is 7.30. The van der Waals surface area contributed by atoms with Crippen LogP contribution in [0.25, 0.3) is 0 Å². The largest absolute Gasteiger partial charge is 0.481 e. The number of halogens is 1. The van der Waals surface area contributed by atoms with Crippen LogP contribution in [0.3, 0.4) is 0 Å². The number of carbonyl (C=O) groups is 1. The maximum Gasteiger partial charge on any atom is 0.303 e. The third kappa shape index (κ3) is 4.96. The monoisotopic (exact) mass is 289 g/mol. The van der Waals surface area contributed by atoms with Gasteiger partial charge in [-0.05, 0) is 24.1 Å². The van der Waals surface area contributed by atoms with Gasteiger partial charge in [0.2, 0.25) is 10.0 Å². The van der Waals surface area contributed by atoms with Gasteiger partial charge in [0, 0.05) is 13.0 Å². The molecule has 0 fully saturated rings. The average Bonchev–Trinajstić information content (AvgIpc) is 2.34. The third-order valence-electron chi connectivity index (χ3n) is 2.71. The van der Waals surface area contributed by atoms with E-state index in [0.29, 0.717) is 6.42 Å². The maximum absolute atomic E-state index is 13.0. The Morgan fingerprint density at radius 2 is 2.16 bits per heavy atom. The fraction of sp³-hybridized carbons (Fsp3) is 0.417. The van der Waals surface area contributed by atoms with E-state index in [2.05, 4.69) is 4.72 Å². The van der Waals surface area contributed by atoms with Crippen LogP contribution in [0.15, 0.2) is 29.2 Å². The minimum absolute atomic E-state index is 0.0155. The Balaban J connectivity index is 2.72. The van der Waals surface area contributed by atoms with Crippen LogP contribution < -0.4 is 4.72 Å². The van der Waals surface area contributed by atoms with E-state index in [9.17, 15) is 17.6 Å². The summed E-state index contributed by atoms with van der Waals surface area (Å²) < 4.78 is 39.0. The molecule has 0 amide bonds. The fourth-order valence-corrected chi connectivity index (χ4v) is 2.70. The zero-order chi connectivity index (χ0) is 14.5. The number of aliphatic carboxylic acids is 1. The van der Waals surface area contributed by atoms with E-state index in [0.717, 1.165) is 12.1 Å². The van der Waals surface area contributed by atoms with Gasteiger partial charge < -0.3 is 5.11 Å². The summed E-state index contributed by atoms with van der Waals surface area (Å²) >= 11 is 0. The summed E-state index contributed by atoms with van der Waals surface area (Å²) in [6.45, 7) is 1.80. The minimum atomic E-state index is -3.81. The molecule has 7 heteroatoms. The van der Waals surface area contributed by atoms with Crippen molar-refractivity contribution < 1.29 is 22.7 Å². The van der Waals surface area contributed by atoms with Gasteiger partial charge in [0.1, 0.15) is 5.82 Å². The number of carboxylic acid groups (broad SMARTS) is 1. The molecule has 2 N–H and O–H groups in total. The molecule has 5 nitrogen and oxygen atoms in total. The summed E-state index contributed by atoms with van der Waals surface area (Å²) in [5, 5.41) is 8.67. The quantitative estimate of drug-likeness (QED) is 0.798. The number of nitrogens with one attached hydrogen (secondary N) is 1. The van der Waals surface area contributed by atoms with E-state index < -0.39 is 21.8 Å². The molecule has 0 radical (unpaired) electrons. The van der Waals surface area contributed by atoms with Crippen molar-refractivity contribution >= 4 is 16.0 Å². The molecule has 0 aromatic heterocycles. The van der Waals surface area contributed by atoms with Crippen molar-refractivity contribution in [2.75, 3.05) is 6.54 Å². The number of hydrogen-bond acceptors (Lipinski definition) is 3. The smallest absolute Gasteiger partial charge is 0.303 e. The summed E-state index contributed by atoms with van der Waals surface area (Å²) in [4.78, 5) is 10.4. The van der Waals surface area contributed by atoms with Gasteiger partial charge in [-0.3, -0.25) is 4.79 Å². The van der Waals surface area contributed by atoms with Crippen LogP contribution in [0.1, 0.15) is 19.8 Å². The minimum Gasteiger partial charge on any atom is -0.481 e. The molecule has 1 atom stereocenters. The molecule has 0 saturated carbocycles. The van der Waals surface area contributed by atoms with Gasteiger partial charge in [-0.1, -0.05) is 19.4 Å². The molecule has 1 aromatic carbocycles. The lowest BCUT2D eigenvalue weighted by Gasteiger charge is -2.13. The van der Waals surface area contributed by atoms with Crippen molar-refractivity contribution in [3.05, 3.63) is 30.1 Å². The Hall–Kier alpha value is -1.47. The first-order valence-electron chi connectivity index (χ1n) is 5.82. The summed E-state index contributed by atoms with van der Waals surface area (Å²) in [6.07, 6.45) is 0.431. The molecule has 0 saturated heterocycles. The Morgan fingerprint density at radius 1 is 1.47 bits per heavy atom. The van der Waals surface area contributed by atoms with Crippen molar-refractivity contribution in [2.24, 2.45) is 5.92 Å². The fourth-order valence-electron chi connectivity index (χ4n) is 1.55. The predicted molar refractivity (Wildman–Crippen MR) is 67.6 cm³/mol. The van der Waals surface area contributed by atoms with Crippen molar-refractivity contribution in [2.45, 2.75) is 24.7 Å². The van der Waals surface area contributed by atoms with Crippen molar-refractivity contribution in [1.29, 1.82) is 0 Å². The lowest BCUT2D eigenvalue weighted by atomic mass is 10.0. The van der Waals surface area contributed by atoms with E-state index in [1.807, 2.05) is 0 Å². The Kier molecular flexibility index (Phi) is 5.44. The van der Waals surface area contributed by atoms with Crippen molar-refractivity contribution in [3.8, 4) is 0 Å². The van der Waals surface area contributed by atoms with Crippen molar-refractivity contribution in [3.63, 3.8) is 0 Å². The van der Waals surface area contributed by atoms with Gasteiger partial charge in [-0.15, -0.1) is 0 Å². The number of benzene rings is 1. The van der Waals surface area contributed by atoms with Crippen LogP contribution in [0.4, 0.5) is 4.39 Å². The molecule has 106 valence electrons. The highest BCUT2D eigenvalue weighted by molar-refractivity contribution is 7.89. The molecule has 1 unspecified atom stereocenters. The van der Waals surface area contributed by atoms with E-state index in [-0.39, 0.29) is 23.8 Å². The number of sulfonamides is 1. The highest BCUT2D eigenvalue weighted by Gasteiger charge is 2.18. The van der Waals surface area contributed by atoms with Crippen LogP contribution in [0, 0.1) is 11.7 Å². The second-order valence-corrected chi connectivity index (χ2v) is 5.95. The van der Waals surface area contributed by atoms with Crippen LogP contribution in [-0.4, -0.2) is 26.0 Å². The SMILES string of the molecule is CCC(CNS(=O)(=O)c1cccc(F)c1)CC(=O)O. The first-order chi connectivity index (χ1) is 8.85. The van der Waals surface area contributed by atoms with E-state index >= 15 is 0 Å². The second kappa shape index (κ2) is 6.63. The summed E-state index contributed by atoms with van der Waals surface area (Å²) in [6, 6.07) is 4.65. The predicted octanol–water partition coefficient (Wildman–Crippen LogP) is 1.60. The van der Waals surface area contributed by atoms with Crippen LogP contribution >= 0.6 is 0 Å². The lowest BCUT2D eigenvalue weighted by molar-refractivity contribution is -0.138. The molecular formula is C12H16FNO4S. The molecule has 0 bridgehead atoms. The van der Waals surface area contributed by atoms with Crippen molar-refractivity contribution in [1.82, 2.24) is 4.72 Å². The topological polar surface area (TPSA) is 83.5 Å². The summed E-state index contributed by atoms with van der Waals surface area (Å²) in [5.41, 5.74) is 0. The Bertz CT molecular complexity index is 544. The highest BCUT2D eigenvalue weighted by atomic mass is 32.2. The molecule has 0 heterocycles. The molecule has 19 heavy (non-hydrogen) atoms. The normalized spacial score (nSPS) is 13.2. The number of rotatable bonds is 7. The molecule has 0 spiro atoms. The summed E-state index contributed by atoms with van der Waals surface area (Å²) in [5.74, 6) is -1.90. The Labute approximate surface area is 111 Å². The van der Waals surface area contributed by atoms with Gasteiger partial charge in [-0.25, -0.2) is 17.5 Å². The van der Waals surface area contributed by atoms with E-state index in [1.165, 1.54) is 12.1 Å². The van der Waals surface area contributed by atoms with Gasteiger partial charge >= 0.3 is 5.97 Å². The van der Waals surface area contributed by atoms with Crippen LogP contribution in [0.2, 0.25) is 0 Å².